The number of hydrogen-bond acceptors (Lipinski definition) is 3. The van der Waals surface area contributed by atoms with Gasteiger partial charge in [0.25, 0.3) is 0 Å². The minimum atomic E-state index is -4.33. The van der Waals surface area contributed by atoms with E-state index in [-0.39, 0.29) is 31.3 Å². The second kappa shape index (κ2) is 9.49. The lowest BCUT2D eigenvalue weighted by Crippen LogP contribution is -2.36. The van der Waals surface area contributed by atoms with E-state index in [1.807, 2.05) is 0 Å². The van der Waals surface area contributed by atoms with Crippen molar-refractivity contribution in [1.29, 1.82) is 0 Å². The van der Waals surface area contributed by atoms with Gasteiger partial charge in [-0.15, -0.1) is 12.4 Å². The molecule has 3 N–H and O–H groups in total. The van der Waals surface area contributed by atoms with Crippen LogP contribution in [0.25, 0.3) is 0 Å². The predicted molar refractivity (Wildman–Crippen MR) is 60.0 cm³/mol. The summed E-state index contributed by atoms with van der Waals surface area (Å²) < 4.78 is 39.5. The summed E-state index contributed by atoms with van der Waals surface area (Å²) in [5.74, 6) is -0.228. The molecule has 0 aromatic carbocycles. The van der Waals surface area contributed by atoms with Crippen molar-refractivity contribution in [2.75, 3.05) is 19.8 Å². The van der Waals surface area contributed by atoms with Gasteiger partial charge in [-0.3, -0.25) is 4.79 Å². The first-order valence-corrected chi connectivity index (χ1v) is 4.99. The van der Waals surface area contributed by atoms with Crippen molar-refractivity contribution in [1.82, 2.24) is 5.32 Å². The molecule has 0 aliphatic rings. The largest absolute Gasteiger partial charge is 0.411 e. The summed E-state index contributed by atoms with van der Waals surface area (Å²) in [4.78, 5) is 11.1. The standard InChI is InChI=1S/C9H17F3N2O2.ClH/c1-7(5-16-6-9(10,11)12)14-8(15)3-2-4-13;/h7H,2-6,13H2,1H3,(H,14,15);1H. The van der Waals surface area contributed by atoms with E-state index in [1.54, 1.807) is 6.92 Å². The number of carbonyl (C=O) groups is 1. The zero-order valence-corrected chi connectivity index (χ0v) is 10.4. The van der Waals surface area contributed by atoms with Gasteiger partial charge in [-0.1, -0.05) is 0 Å². The normalized spacial score (nSPS) is 12.8. The Hall–Kier alpha value is -0.530. The maximum absolute atomic E-state index is 11.7. The van der Waals surface area contributed by atoms with Crippen LogP contribution in [0.2, 0.25) is 0 Å². The van der Waals surface area contributed by atoms with Gasteiger partial charge in [-0.05, 0) is 19.9 Å². The molecule has 0 aliphatic carbocycles. The fourth-order valence-electron chi connectivity index (χ4n) is 1.00. The fourth-order valence-corrected chi connectivity index (χ4v) is 1.00. The first-order chi connectivity index (χ1) is 7.35. The molecule has 8 heteroatoms. The van der Waals surface area contributed by atoms with Gasteiger partial charge < -0.3 is 15.8 Å². The monoisotopic (exact) mass is 278 g/mol. The third-order valence-corrected chi connectivity index (χ3v) is 1.65. The second-order valence-electron chi connectivity index (χ2n) is 3.49. The van der Waals surface area contributed by atoms with Crippen LogP contribution in [-0.2, 0) is 9.53 Å². The summed E-state index contributed by atoms with van der Waals surface area (Å²) >= 11 is 0. The van der Waals surface area contributed by atoms with E-state index >= 15 is 0 Å². The highest BCUT2D eigenvalue weighted by Crippen LogP contribution is 2.14. The van der Waals surface area contributed by atoms with Crippen LogP contribution in [-0.4, -0.2) is 37.9 Å². The van der Waals surface area contributed by atoms with E-state index < -0.39 is 18.8 Å². The van der Waals surface area contributed by atoms with Crippen molar-refractivity contribution in [3.63, 3.8) is 0 Å². The van der Waals surface area contributed by atoms with Crippen molar-refractivity contribution >= 4 is 18.3 Å². The molecule has 0 rings (SSSR count). The molecular weight excluding hydrogens is 261 g/mol. The van der Waals surface area contributed by atoms with E-state index in [4.69, 9.17) is 5.73 Å². The van der Waals surface area contributed by atoms with Crippen molar-refractivity contribution in [2.24, 2.45) is 5.73 Å². The van der Waals surface area contributed by atoms with E-state index in [2.05, 4.69) is 10.1 Å². The Bertz CT molecular complexity index is 215. The third-order valence-electron chi connectivity index (χ3n) is 1.65. The highest BCUT2D eigenvalue weighted by Gasteiger charge is 2.27. The van der Waals surface area contributed by atoms with Gasteiger partial charge in [0.1, 0.15) is 6.61 Å². The highest BCUT2D eigenvalue weighted by molar-refractivity contribution is 5.85. The van der Waals surface area contributed by atoms with Crippen LogP contribution in [0.5, 0.6) is 0 Å². The molecule has 0 saturated carbocycles. The summed E-state index contributed by atoms with van der Waals surface area (Å²) in [6, 6.07) is -0.437. The van der Waals surface area contributed by atoms with E-state index in [9.17, 15) is 18.0 Å². The quantitative estimate of drug-likeness (QED) is 0.736. The van der Waals surface area contributed by atoms with Crippen LogP contribution in [0.1, 0.15) is 19.8 Å². The van der Waals surface area contributed by atoms with Gasteiger partial charge in [0.2, 0.25) is 5.91 Å². The number of halogens is 4. The molecule has 104 valence electrons. The molecule has 1 unspecified atom stereocenters. The van der Waals surface area contributed by atoms with Crippen LogP contribution in [0.15, 0.2) is 0 Å². The van der Waals surface area contributed by atoms with Crippen LogP contribution in [0, 0.1) is 0 Å². The molecule has 0 fully saturated rings. The Balaban J connectivity index is 0. The van der Waals surface area contributed by atoms with Crippen molar-refractivity contribution in [3.8, 4) is 0 Å². The minimum Gasteiger partial charge on any atom is -0.370 e. The minimum absolute atomic E-state index is 0. The molecule has 1 atom stereocenters. The number of nitrogens with two attached hydrogens (primary N) is 1. The zero-order valence-electron chi connectivity index (χ0n) is 9.55. The van der Waals surface area contributed by atoms with E-state index in [1.165, 1.54) is 0 Å². The maximum atomic E-state index is 11.7. The molecule has 4 nitrogen and oxygen atoms in total. The molecule has 1 amide bonds. The lowest BCUT2D eigenvalue weighted by atomic mass is 10.2. The van der Waals surface area contributed by atoms with Crippen LogP contribution >= 0.6 is 12.4 Å². The summed E-state index contributed by atoms with van der Waals surface area (Å²) in [5.41, 5.74) is 5.21. The third kappa shape index (κ3) is 13.4. The number of ether oxygens (including phenoxy) is 1. The van der Waals surface area contributed by atoms with Crippen LogP contribution < -0.4 is 11.1 Å². The van der Waals surface area contributed by atoms with E-state index in [0.717, 1.165) is 0 Å². The van der Waals surface area contributed by atoms with Crippen molar-refractivity contribution in [2.45, 2.75) is 32.0 Å². The predicted octanol–water partition coefficient (Wildman–Crippen LogP) is 1.23. The Kier molecular flexibility index (Phi) is 10.5. The summed E-state index contributed by atoms with van der Waals surface area (Å²) in [6.07, 6.45) is -3.49. The number of alkyl halides is 3. The number of nitrogens with one attached hydrogen (secondary N) is 1. The van der Waals surface area contributed by atoms with Gasteiger partial charge in [0.15, 0.2) is 0 Å². The fraction of sp³-hybridized carbons (Fsp3) is 0.889. The molecule has 0 bridgehead atoms. The van der Waals surface area contributed by atoms with Gasteiger partial charge in [0, 0.05) is 12.5 Å². The van der Waals surface area contributed by atoms with Crippen LogP contribution in [0.3, 0.4) is 0 Å². The molecule has 0 aromatic heterocycles. The van der Waals surface area contributed by atoms with Gasteiger partial charge >= 0.3 is 6.18 Å². The topological polar surface area (TPSA) is 64.3 Å². The summed E-state index contributed by atoms with van der Waals surface area (Å²) in [6.45, 7) is 0.535. The van der Waals surface area contributed by atoms with Gasteiger partial charge in [0.05, 0.1) is 6.61 Å². The number of amides is 1. The molecule has 17 heavy (non-hydrogen) atoms. The highest BCUT2D eigenvalue weighted by atomic mass is 35.5. The first kappa shape index (κ1) is 18.8. The molecule has 0 aliphatic heterocycles. The Morgan fingerprint density at radius 2 is 2.06 bits per heavy atom. The Labute approximate surface area is 104 Å². The Morgan fingerprint density at radius 1 is 1.47 bits per heavy atom. The molecule has 0 aromatic rings. The molecule has 0 spiro atoms. The SMILES string of the molecule is CC(COCC(F)(F)F)NC(=O)CCCN.Cl. The summed E-state index contributed by atoms with van der Waals surface area (Å²) in [5, 5.41) is 2.51. The molecular formula is C9H18ClF3N2O2. The molecule has 0 heterocycles. The average Bonchev–Trinajstić information content (AvgIpc) is 2.12. The number of rotatable bonds is 7. The number of hydrogen-bond donors (Lipinski definition) is 2. The van der Waals surface area contributed by atoms with Crippen molar-refractivity contribution in [3.05, 3.63) is 0 Å². The molecule has 0 radical (unpaired) electrons. The average molecular weight is 279 g/mol. The maximum Gasteiger partial charge on any atom is 0.411 e. The number of carbonyl (C=O) groups excluding carboxylic acids is 1. The van der Waals surface area contributed by atoms with E-state index in [0.29, 0.717) is 13.0 Å². The lowest BCUT2D eigenvalue weighted by molar-refractivity contribution is -0.175. The second-order valence-corrected chi connectivity index (χ2v) is 3.49. The molecule has 0 saturated heterocycles. The zero-order chi connectivity index (χ0) is 12.6. The summed E-state index contributed by atoms with van der Waals surface area (Å²) in [7, 11) is 0. The smallest absolute Gasteiger partial charge is 0.370 e. The first-order valence-electron chi connectivity index (χ1n) is 4.99. The van der Waals surface area contributed by atoms with Gasteiger partial charge in [-0.2, -0.15) is 13.2 Å². The van der Waals surface area contributed by atoms with Crippen molar-refractivity contribution < 1.29 is 22.7 Å². The Morgan fingerprint density at radius 3 is 2.53 bits per heavy atom. The lowest BCUT2D eigenvalue weighted by Gasteiger charge is -2.15. The van der Waals surface area contributed by atoms with Gasteiger partial charge in [-0.25, -0.2) is 0 Å². The van der Waals surface area contributed by atoms with Crippen LogP contribution in [0.4, 0.5) is 13.2 Å².